The first kappa shape index (κ1) is 14.1. The Labute approximate surface area is 120 Å². The fourth-order valence-corrected chi connectivity index (χ4v) is 2.70. The highest BCUT2D eigenvalue weighted by Crippen LogP contribution is 2.21. The number of phenolic OH excluding ortho intramolecular Hbond substituents is 2. The molecule has 6 heteroatoms. The van der Waals surface area contributed by atoms with Crippen molar-refractivity contribution in [1.82, 2.24) is 9.80 Å². The number of phenols is 2. The van der Waals surface area contributed by atoms with Crippen LogP contribution in [0.2, 0.25) is 0 Å². The lowest BCUT2D eigenvalue weighted by atomic mass is 10.1. The maximum atomic E-state index is 12.2. The molecule has 0 spiro atoms. The van der Waals surface area contributed by atoms with Gasteiger partial charge in [0.1, 0.15) is 11.5 Å². The maximum Gasteiger partial charge on any atom is 0.254 e. The van der Waals surface area contributed by atoms with Gasteiger partial charge in [-0.25, -0.2) is 0 Å². The second-order valence-corrected chi connectivity index (χ2v) is 5.35. The highest BCUT2D eigenvalue weighted by molar-refractivity contribution is 9.09. The van der Waals surface area contributed by atoms with E-state index < -0.39 is 0 Å². The Morgan fingerprint density at radius 3 is 2.21 bits per heavy atom. The molecule has 1 saturated heterocycles. The second kappa shape index (κ2) is 6.25. The quantitative estimate of drug-likeness (QED) is 0.820. The average Bonchev–Trinajstić information content (AvgIpc) is 2.38. The van der Waals surface area contributed by atoms with E-state index in [-0.39, 0.29) is 17.4 Å². The lowest BCUT2D eigenvalue weighted by molar-refractivity contribution is 0.0644. The van der Waals surface area contributed by atoms with Crippen LogP contribution in [0.3, 0.4) is 0 Å². The molecule has 1 aromatic rings. The van der Waals surface area contributed by atoms with Crippen LogP contribution in [0.25, 0.3) is 0 Å². The van der Waals surface area contributed by atoms with E-state index in [1.165, 1.54) is 18.2 Å². The van der Waals surface area contributed by atoms with Crippen molar-refractivity contribution < 1.29 is 15.0 Å². The molecular formula is C13H17BrN2O3. The third-order valence-electron chi connectivity index (χ3n) is 3.21. The number of aromatic hydroxyl groups is 2. The Balaban J connectivity index is 2.01. The zero-order valence-electron chi connectivity index (χ0n) is 10.5. The third-order valence-corrected chi connectivity index (χ3v) is 3.56. The van der Waals surface area contributed by atoms with Crippen molar-refractivity contribution >= 4 is 21.8 Å². The minimum atomic E-state index is -0.148. The van der Waals surface area contributed by atoms with Gasteiger partial charge in [-0.3, -0.25) is 9.69 Å². The number of alkyl halides is 1. The van der Waals surface area contributed by atoms with Crippen LogP contribution < -0.4 is 0 Å². The summed E-state index contributed by atoms with van der Waals surface area (Å²) in [5, 5.41) is 19.7. The summed E-state index contributed by atoms with van der Waals surface area (Å²) in [6.45, 7) is 4.02. The van der Waals surface area contributed by atoms with E-state index in [2.05, 4.69) is 20.8 Å². The summed E-state index contributed by atoms with van der Waals surface area (Å²) < 4.78 is 0. The first-order chi connectivity index (χ1) is 9.10. The van der Waals surface area contributed by atoms with Gasteiger partial charge < -0.3 is 15.1 Å². The molecule has 19 heavy (non-hydrogen) atoms. The fraction of sp³-hybridized carbons (Fsp3) is 0.462. The number of carbonyl (C=O) groups excluding carboxylic acids is 1. The Kier molecular flexibility index (Phi) is 4.66. The normalized spacial score (nSPS) is 16.6. The van der Waals surface area contributed by atoms with E-state index in [1.807, 2.05) is 0 Å². The van der Waals surface area contributed by atoms with Gasteiger partial charge in [0.25, 0.3) is 5.91 Å². The molecule has 1 heterocycles. The number of nitrogens with zero attached hydrogens (tertiary/aromatic N) is 2. The van der Waals surface area contributed by atoms with Crippen LogP contribution in [-0.2, 0) is 0 Å². The van der Waals surface area contributed by atoms with Gasteiger partial charge >= 0.3 is 0 Å². The zero-order valence-corrected chi connectivity index (χ0v) is 12.1. The first-order valence-corrected chi connectivity index (χ1v) is 7.33. The number of rotatable bonds is 3. The van der Waals surface area contributed by atoms with Crippen molar-refractivity contribution in [1.29, 1.82) is 0 Å². The smallest absolute Gasteiger partial charge is 0.254 e. The summed E-state index contributed by atoms with van der Waals surface area (Å²) in [5.74, 6) is -0.341. The van der Waals surface area contributed by atoms with E-state index in [1.54, 1.807) is 4.90 Å². The topological polar surface area (TPSA) is 64.0 Å². The number of carbonyl (C=O) groups is 1. The summed E-state index contributed by atoms with van der Waals surface area (Å²) in [7, 11) is 0. The highest BCUT2D eigenvalue weighted by atomic mass is 79.9. The van der Waals surface area contributed by atoms with Crippen molar-refractivity contribution in [3.05, 3.63) is 23.8 Å². The highest BCUT2D eigenvalue weighted by Gasteiger charge is 2.22. The van der Waals surface area contributed by atoms with Gasteiger partial charge in [0.2, 0.25) is 0 Å². The molecule has 1 aliphatic rings. The van der Waals surface area contributed by atoms with Gasteiger partial charge in [-0.1, -0.05) is 15.9 Å². The molecule has 1 amide bonds. The first-order valence-electron chi connectivity index (χ1n) is 6.21. The van der Waals surface area contributed by atoms with Crippen LogP contribution in [-0.4, -0.2) is 64.0 Å². The summed E-state index contributed by atoms with van der Waals surface area (Å²) in [4.78, 5) is 16.3. The fourth-order valence-electron chi connectivity index (χ4n) is 2.20. The molecule has 0 radical (unpaired) electrons. The summed E-state index contributed by atoms with van der Waals surface area (Å²) >= 11 is 3.40. The predicted molar refractivity (Wildman–Crippen MR) is 75.9 cm³/mol. The van der Waals surface area contributed by atoms with Gasteiger partial charge in [0.15, 0.2) is 0 Å². The molecule has 0 unspecified atom stereocenters. The third kappa shape index (κ3) is 3.61. The molecule has 0 bridgehead atoms. The molecule has 0 aromatic heterocycles. The van der Waals surface area contributed by atoms with Crippen molar-refractivity contribution in [2.24, 2.45) is 0 Å². The van der Waals surface area contributed by atoms with Crippen LogP contribution in [0.1, 0.15) is 10.4 Å². The summed E-state index contributed by atoms with van der Waals surface area (Å²) in [5.41, 5.74) is 0.325. The molecule has 1 fully saturated rings. The minimum Gasteiger partial charge on any atom is -0.508 e. The lowest BCUT2D eigenvalue weighted by Crippen LogP contribution is -2.49. The van der Waals surface area contributed by atoms with Gasteiger partial charge in [0, 0.05) is 49.7 Å². The van der Waals surface area contributed by atoms with E-state index in [4.69, 9.17) is 0 Å². The van der Waals surface area contributed by atoms with Gasteiger partial charge in [-0.05, 0) is 12.1 Å². The number of benzene rings is 1. The molecule has 0 aliphatic carbocycles. The van der Waals surface area contributed by atoms with Crippen LogP contribution >= 0.6 is 15.9 Å². The minimum absolute atomic E-state index is 0.0960. The van der Waals surface area contributed by atoms with Crippen LogP contribution in [0, 0.1) is 0 Å². The standard InChI is InChI=1S/C13H17BrN2O3/c14-1-2-15-3-5-16(6-4-15)13(19)10-7-11(17)9-12(18)8-10/h7-9,17-18H,1-6H2. The Morgan fingerprint density at radius 1 is 1.11 bits per heavy atom. The monoisotopic (exact) mass is 328 g/mol. The molecule has 1 aromatic carbocycles. The van der Waals surface area contributed by atoms with Crippen molar-refractivity contribution in [2.75, 3.05) is 38.1 Å². The molecule has 2 rings (SSSR count). The number of hydrogen-bond acceptors (Lipinski definition) is 4. The van der Waals surface area contributed by atoms with E-state index in [0.29, 0.717) is 18.7 Å². The predicted octanol–water partition coefficient (Wildman–Crippen LogP) is 1.25. The number of hydrogen-bond donors (Lipinski definition) is 2. The van der Waals surface area contributed by atoms with E-state index in [9.17, 15) is 15.0 Å². The maximum absolute atomic E-state index is 12.2. The molecule has 104 valence electrons. The SMILES string of the molecule is O=C(c1cc(O)cc(O)c1)N1CCN(CCBr)CC1. The second-order valence-electron chi connectivity index (χ2n) is 4.56. The Morgan fingerprint density at radius 2 is 1.68 bits per heavy atom. The average molecular weight is 329 g/mol. The molecule has 1 aliphatic heterocycles. The summed E-state index contributed by atoms with van der Waals surface area (Å²) in [6, 6.07) is 3.98. The number of halogens is 1. The molecule has 0 saturated carbocycles. The van der Waals surface area contributed by atoms with Gasteiger partial charge in [-0.15, -0.1) is 0 Å². The molecular weight excluding hydrogens is 312 g/mol. The lowest BCUT2D eigenvalue weighted by Gasteiger charge is -2.34. The van der Waals surface area contributed by atoms with Crippen LogP contribution in [0.15, 0.2) is 18.2 Å². The van der Waals surface area contributed by atoms with Crippen LogP contribution in [0.4, 0.5) is 0 Å². The summed E-state index contributed by atoms with van der Waals surface area (Å²) in [6.07, 6.45) is 0. The van der Waals surface area contributed by atoms with Crippen molar-refractivity contribution in [2.45, 2.75) is 0 Å². The molecule has 0 atom stereocenters. The number of piperazine rings is 1. The molecule has 2 N–H and O–H groups in total. The van der Waals surface area contributed by atoms with Gasteiger partial charge in [0.05, 0.1) is 0 Å². The van der Waals surface area contributed by atoms with Crippen molar-refractivity contribution in [3.8, 4) is 11.5 Å². The van der Waals surface area contributed by atoms with Crippen LogP contribution in [0.5, 0.6) is 11.5 Å². The molecule has 5 nitrogen and oxygen atoms in total. The van der Waals surface area contributed by atoms with Crippen molar-refractivity contribution in [3.63, 3.8) is 0 Å². The van der Waals surface area contributed by atoms with Gasteiger partial charge in [-0.2, -0.15) is 0 Å². The van der Waals surface area contributed by atoms with E-state index >= 15 is 0 Å². The Hall–Kier alpha value is -1.27. The zero-order chi connectivity index (χ0) is 13.8. The van der Waals surface area contributed by atoms with E-state index in [0.717, 1.165) is 25.0 Å². The Bertz CT molecular complexity index is 439. The largest absolute Gasteiger partial charge is 0.508 e. The number of amides is 1.